The molecule has 0 unspecified atom stereocenters. The number of nitrogens with one attached hydrogen (secondary N) is 2. The Bertz CT molecular complexity index is 775. The van der Waals surface area contributed by atoms with Gasteiger partial charge in [-0.25, -0.2) is 18.1 Å². The molecule has 0 fully saturated rings. The molecule has 0 atom stereocenters. The van der Waals surface area contributed by atoms with Gasteiger partial charge in [-0.3, -0.25) is 0 Å². The van der Waals surface area contributed by atoms with Gasteiger partial charge in [-0.15, -0.1) is 0 Å². The zero-order chi connectivity index (χ0) is 15.5. The van der Waals surface area contributed by atoms with E-state index in [2.05, 4.69) is 15.0 Å². The minimum atomic E-state index is -3.19. The van der Waals surface area contributed by atoms with Gasteiger partial charge in [-0.2, -0.15) is 0 Å². The zero-order valence-corrected chi connectivity index (χ0v) is 13.1. The van der Waals surface area contributed by atoms with E-state index in [0.717, 1.165) is 22.7 Å². The maximum absolute atomic E-state index is 11.0. The second-order valence-corrected chi connectivity index (χ2v) is 6.80. The summed E-state index contributed by atoms with van der Waals surface area (Å²) in [5, 5.41) is 3.94. The number of sulfonamides is 1. The van der Waals surface area contributed by atoms with Gasteiger partial charge in [0, 0.05) is 24.0 Å². The largest absolute Gasteiger partial charge is 0.389 e. The van der Waals surface area contributed by atoms with Gasteiger partial charge in [0.05, 0.1) is 11.8 Å². The van der Waals surface area contributed by atoms with Crippen LogP contribution in [0.15, 0.2) is 30.3 Å². The Morgan fingerprint density at radius 1 is 1.33 bits per heavy atom. The Morgan fingerprint density at radius 3 is 2.71 bits per heavy atom. The van der Waals surface area contributed by atoms with E-state index in [4.69, 9.17) is 18.0 Å². The number of hydrogen-bond donors (Lipinski definition) is 3. The number of nitrogens with zero attached hydrogens (tertiary/aromatic N) is 1. The van der Waals surface area contributed by atoms with E-state index >= 15 is 0 Å². The van der Waals surface area contributed by atoms with Crippen molar-refractivity contribution in [1.29, 1.82) is 0 Å². The average Bonchev–Trinajstić information content (AvgIpc) is 2.41. The first-order valence-corrected chi connectivity index (χ1v) is 8.55. The van der Waals surface area contributed by atoms with E-state index < -0.39 is 10.0 Å². The molecule has 1 aromatic carbocycles. The molecule has 0 bridgehead atoms. The highest BCUT2D eigenvalue weighted by atomic mass is 32.2. The quantitative estimate of drug-likeness (QED) is 0.538. The van der Waals surface area contributed by atoms with E-state index in [1.54, 1.807) is 6.07 Å². The van der Waals surface area contributed by atoms with E-state index in [0.29, 0.717) is 17.4 Å². The number of hydrogen-bond acceptors (Lipinski definition) is 5. The first-order chi connectivity index (χ1) is 9.87. The maximum Gasteiger partial charge on any atom is 0.208 e. The molecule has 0 spiro atoms. The maximum atomic E-state index is 11.0. The van der Waals surface area contributed by atoms with Crippen molar-refractivity contribution in [2.45, 2.75) is 0 Å². The fraction of sp³-hybridized carbons (Fsp3) is 0.231. The van der Waals surface area contributed by atoms with Gasteiger partial charge in [0.25, 0.3) is 0 Å². The van der Waals surface area contributed by atoms with Crippen LogP contribution in [0.25, 0.3) is 10.9 Å². The lowest BCUT2D eigenvalue weighted by atomic mass is 10.1. The molecule has 2 aromatic rings. The summed E-state index contributed by atoms with van der Waals surface area (Å²) in [6.45, 7) is 0.685. The molecule has 0 amide bonds. The zero-order valence-electron chi connectivity index (χ0n) is 11.5. The second-order valence-electron chi connectivity index (χ2n) is 4.53. The summed E-state index contributed by atoms with van der Waals surface area (Å²) in [5.41, 5.74) is 7.27. The van der Waals surface area contributed by atoms with Crippen LogP contribution in [0.3, 0.4) is 0 Å². The lowest BCUT2D eigenvalue weighted by Gasteiger charge is -2.10. The molecule has 1 aromatic heterocycles. The van der Waals surface area contributed by atoms with Crippen LogP contribution in [-0.4, -0.2) is 37.7 Å². The number of benzene rings is 1. The number of thiocarbonyl (C=S) groups is 1. The van der Waals surface area contributed by atoms with Crippen molar-refractivity contribution in [3.63, 3.8) is 0 Å². The Kier molecular flexibility index (Phi) is 4.71. The monoisotopic (exact) mass is 324 g/mol. The lowest BCUT2D eigenvalue weighted by Crippen LogP contribution is -2.27. The van der Waals surface area contributed by atoms with Crippen molar-refractivity contribution in [3.05, 3.63) is 35.9 Å². The molecular weight excluding hydrogens is 308 g/mol. The number of aromatic nitrogens is 1. The number of rotatable bonds is 6. The predicted molar refractivity (Wildman–Crippen MR) is 89.0 cm³/mol. The summed E-state index contributed by atoms with van der Waals surface area (Å²) in [5.74, 6) is 0.604. The third-order valence-corrected chi connectivity index (χ3v) is 3.73. The van der Waals surface area contributed by atoms with E-state index in [9.17, 15) is 8.42 Å². The van der Waals surface area contributed by atoms with Crippen LogP contribution in [0.1, 0.15) is 5.56 Å². The standard InChI is InChI=1S/C13H16N4O2S2/c1-21(18,19)16-7-6-15-12-8-10(13(14)20)9-4-2-3-5-11(9)17-12/h2-5,8,16H,6-7H2,1H3,(H2,14,20)(H,15,17). The number of pyridine rings is 1. The van der Waals surface area contributed by atoms with Crippen LogP contribution in [-0.2, 0) is 10.0 Å². The smallest absolute Gasteiger partial charge is 0.208 e. The topological polar surface area (TPSA) is 97.1 Å². The first kappa shape index (κ1) is 15.6. The third kappa shape index (κ3) is 4.35. The molecule has 0 saturated heterocycles. The number of para-hydroxylation sites is 1. The van der Waals surface area contributed by atoms with Crippen LogP contribution in [0.5, 0.6) is 0 Å². The predicted octanol–water partition coefficient (Wildman–Crippen LogP) is 0.830. The molecule has 0 radical (unpaired) electrons. The molecule has 1 heterocycles. The van der Waals surface area contributed by atoms with Crippen molar-refractivity contribution >= 4 is 44.0 Å². The number of nitrogens with two attached hydrogens (primary N) is 1. The van der Waals surface area contributed by atoms with Gasteiger partial charge in [0.15, 0.2) is 0 Å². The summed E-state index contributed by atoms with van der Waals surface area (Å²) >= 11 is 5.06. The fourth-order valence-electron chi connectivity index (χ4n) is 1.90. The highest BCUT2D eigenvalue weighted by Crippen LogP contribution is 2.20. The SMILES string of the molecule is CS(=O)(=O)NCCNc1cc(C(N)=S)c2ccccc2n1. The first-order valence-electron chi connectivity index (χ1n) is 6.25. The molecule has 2 rings (SSSR count). The van der Waals surface area contributed by atoms with Crippen molar-refractivity contribution in [3.8, 4) is 0 Å². The van der Waals surface area contributed by atoms with Crippen LogP contribution in [0.2, 0.25) is 0 Å². The molecule has 0 aliphatic rings. The number of anilines is 1. The highest BCUT2D eigenvalue weighted by molar-refractivity contribution is 7.88. The highest BCUT2D eigenvalue weighted by Gasteiger charge is 2.07. The molecular formula is C13H16N4O2S2. The van der Waals surface area contributed by atoms with Crippen LogP contribution in [0, 0.1) is 0 Å². The minimum Gasteiger partial charge on any atom is -0.389 e. The summed E-state index contributed by atoms with van der Waals surface area (Å²) in [6, 6.07) is 9.33. The lowest BCUT2D eigenvalue weighted by molar-refractivity contribution is 0.589. The molecule has 6 nitrogen and oxygen atoms in total. The summed E-state index contributed by atoms with van der Waals surface area (Å²) in [6.07, 6.45) is 1.12. The summed E-state index contributed by atoms with van der Waals surface area (Å²) < 4.78 is 24.3. The fourth-order valence-corrected chi connectivity index (χ4v) is 2.54. The Hall–Kier alpha value is -1.77. The van der Waals surface area contributed by atoms with Gasteiger partial charge < -0.3 is 11.1 Å². The molecule has 21 heavy (non-hydrogen) atoms. The van der Waals surface area contributed by atoms with Crippen LogP contribution in [0.4, 0.5) is 5.82 Å². The van der Waals surface area contributed by atoms with E-state index in [-0.39, 0.29) is 6.54 Å². The second kappa shape index (κ2) is 6.33. The number of fused-ring (bicyclic) bond motifs is 1. The van der Waals surface area contributed by atoms with Gasteiger partial charge in [0.2, 0.25) is 10.0 Å². The molecule has 8 heteroatoms. The van der Waals surface area contributed by atoms with Crippen molar-refractivity contribution in [2.24, 2.45) is 5.73 Å². The van der Waals surface area contributed by atoms with Crippen molar-refractivity contribution in [1.82, 2.24) is 9.71 Å². The average molecular weight is 324 g/mol. The van der Waals surface area contributed by atoms with Crippen molar-refractivity contribution < 1.29 is 8.42 Å². The van der Waals surface area contributed by atoms with Gasteiger partial charge in [-0.1, -0.05) is 30.4 Å². The summed E-state index contributed by atoms with van der Waals surface area (Å²) in [7, 11) is -3.19. The summed E-state index contributed by atoms with van der Waals surface area (Å²) in [4.78, 5) is 4.75. The Morgan fingerprint density at radius 2 is 2.05 bits per heavy atom. The Balaban J connectivity index is 2.19. The third-order valence-electron chi connectivity index (χ3n) is 2.78. The normalized spacial score (nSPS) is 11.5. The van der Waals surface area contributed by atoms with E-state index in [1.807, 2.05) is 24.3 Å². The van der Waals surface area contributed by atoms with Crippen LogP contribution >= 0.6 is 12.2 Å². The molecule has 4 N–H and O–H groups in total. The minimum absolute atomic E-state index is 0.274. The molecule has 112 valence electrons. The molecule has 0 aliphatic heterocycles. The van der Waals surface area contributed by atoms with Gasteiger partial charge in [-0.05, 0) is 12.1 Å². The van der Waals surface area contributed by atoms with Crippen molar-refractivity contribution in [2.75, 3.05) is 24.7 Å². The molecule has 0 saturated carbocycles. The van der Waals surface area contributed by atoms with Gasteiger partial charge >= 0.3 is 0 Å². The van der Waals surface area contributed by atoms with E-state index in [1.165, 1.54) is 0 Å². The Labute approximate surface area is 128 Å². The van der Waals surface area contributed by atoms with Crippen LogP contribution < -0.4 is 15.8 Å². The molecule has 0 aliphatic carbocycles. The van der Waals surface area contributed by atoms with Gasteiger partial charge in [0.1, 0.15) is 10.8 Å².